The van der Waals surface area contributed by atoms with Crippen molar-refractivity contribution in [2.45, 2.75) is 25.3 Å². The molecule has 88 valence electrons. The van der Waals surface area contributed by atoms with Crippen LogP contribution in [0.15, 0.2) is 12.1 Å². The smallest absolute Gasteiger partial charge is 0.137 e. The van der Waals surface area contributed by atoms with Crippen molar-refractivity contribution in [3.8, 4) is 5.75 Å². The minimum atomic E-state index is -0.00115. The molecule has 4 heteroatoms. The molecule has 0 aromatic heterocycles. The normalized spacial score (nSPS) is 17.0. The lowest BCUT2D eigenvalue weighted by Crippen LogP contribution is -2.31. The second-order valence-electron chi connectivity index (χ2n) is 4.52. The van der Waals surface area contributed by atoms with Crippen LogP contribution in [0.25, 0.3) is 0 Å². The van der Waals surface area contributed by atoms with Crippen molar-refractivity contribution in [3.05, 3.63) is 22.7 Å². The van der Waals surface area contributed by atoms with Crippen LogP contribution >= 0.6 is 11.6 Å². The highest BCUT2D eigenvalue weighted by atomic mass is 35.5. The van der Waals surface area contributed by atoms with Crippen molar-refractivity contribution in [1.82, 2.24) is 0 Å². The van der Waals surface area contributed by atoms with Gasteiger partial charge in [0.15, 0.2) is 0 Å². The Kier molecular flexibility index (Phi) is 3.00. The van der Waals surface area contributed by atoms with Gasteiger partial charge in [-0.15, -0.1) is 0 Å². The summed E-state index contributed by atoms with van der Waals surface area (Å²) in [6.45, 7) is 2.83. The van der Waals surface area contributed by atoms with E-state index in [4.69, 9.17) is 22.1 Å². The molecule has 0 atom stereocenters. The number of hydrogen-bond donors (Lipinski definition) is 2. The summed E-state index contributed by atoms with van der Waals surface area (Å²) in [5, 5.41) is 3.97. The van der Waals surface area contributed by atoms with Crippen LogP contribution in [0.2, 0.25) is 5.02 Å². The van der Waals surface area contributed by atoms with Crippen LogP contribution in [0.3, 0.4) is 0 Å². The Labute approximate surface area is 101 Å². The molecule has 1 aromatic rings. The summed E-state index contributed by atoms with van der Waals surface area (Å²) in [6.07, 6.45) is 2.20. The largest absolute Gasteiger partial charge is 0.495 e. The molecule has 3 N–H and O–H groups in total. The van der Waals surface area contributed by atoms with Gasteiger partial charge in [0.1, 0.15) is 5.75 Å². The Bertz CT molecular complexity index is 402. The molecular formula is C12H17ClN2O. The zero-order valence-electron chi connectivity index (χ0n) is 9.64. The van der Waals surface area contributed by atoms with E-state index < -0.39 is 0 Å². The maximum atomic E-state index is 6.07. The first-order valence-corrected chi connectivity index (χ1v) is 5.79. The van der Waals surface area contributed by atoms with Gasteiger partial charge in [0.05, 0.1) is 12.1 Å². The van der Waals surface area contributed by atoms with Gasteiger partial charge in [-0.05, 0) is 37.5 Å². The van der Waals surface area contributed by atoms with Crippen molar-refractivity contribution in [3.63, 3.8) is 0 Å². The van der Waals surface area contributed by atoms with Gasteiger partial charge in [0.2, 0.25) is 0 Å². The third-order valence-electron chi connectivity index (χ3n) is 3.02. The lowest BCUT2D eigenvalue weighted by molar-refractivity contribution is 0.415. The van der Waals surface area contributed by atoms with Gasteiger partial charge >= 0.3 is 0 Å². The van der Waals surface area contributed by atoms with Crippen LogP contribution in [0.1, 0.15) is 18.4 Å². The molecule has 1 aliphatic rings. The molecule has 0 bridgehead atoms. The average Bonchev–Trinajstić information content (AvgIpc) is 2.98. The first-order chi connectivity index (χ1) is 7.54. The highest BCUT2D eigenvalue weighted by Gasteiger charge is 2.37. The molecule has 0 aliphatic heterocycles. The van der Waals surface area contributed by atoms with E-state index in [1.807, 2.05) is 19.1 Å². The van der Waals surface area contributed by atoms with Crippen molar-refractivity contribution in [1.29, 1.82) is 0 Å². The first-order valence-electron chi connectivity index (χ1n) is 5.41. The van der Waals surface area contributed by atoms with Crippen LogP contribution in [-0.4, -0.2) is 19.2 Å². The van der Waals surface area contributed by atoms with Crippen LogP contribution in [-0.2, 0) is 0 Å². The number of methoxy groups -OCH3 is 1. The molecule has 0 amide bonds. The van der Waals surface area contributed by atoms with Crippen molar-refractivity contribution >= 4 is 17.3 Å². The van der Waals surface area contributed by atoms with Crippen molar-refractivity contribution < 1.29 is 4.74 Å². The standard InChI is InChI=1S/C12H17ClN2O/c1-8-5-11(16-2)9(13)6-10(8)15-7-12(14)3-4-12/h5-6,15H,3-4,7,14H2,1-2H3. The number of benzene rings is 1. The van der Waals surface area contributed by atoms with Gasteiger partial charge in [0.25, 0.3) is 0 Å². The minimum Gasteiger partial charge on any atom is -0.495 e. The zero-order valence-corrected chi connectivity index (χ0v) is 10.4. The van der Waals surface area contributed by atoms with Gasteiger partial charge in [-0.2, -0.15) is 0 Å². The lowest BCUT2D eigenvalue weighted by atomic mass is 10.1. The minimum absolute atomic E-state index is 0.00115. The second kappa shape index (κ2) is 4.15. The van der Waals surface area contributed by atoms with E-state index in [1.165, 1.54) is 0 Å². The molecule has 1 saturated carbocycles. The third-order valence-corrected chi connectivity index (χ3v) is 3.32. The van der Waals surface area contributed by atoms with Gasteiger partial charge in [-0.1, -0.05) is 11.6 Å². The quantitative estimate of drug-likeness (QED) is 0.851. The Morgan fingerprint density at radius 2 is 2.19 bits per heavy atom. The summed E-state index contributed by atoms with van der Waals surface area (Å²) in [6, 6.07) is 3.82. The number of aryl methyl sites for hydroxylation is 1. The fourth-order valence-electron chi connectivity index (χ4n) is 1.61. The maximum absolute atomic E-state index is 6.07. The molecule has 0 spiro atoms. The van der Waals surface area contributed by atoms with Crippen LogP contribution in [0.4, 0.5) is 5.69 Å². The summed E-state index contributed by atoms with van der Waals surface area (Å²) in [5.41, 5.74) is 8.16. The van der Waals surface area contributed by atoms with E-state index in [0.29, 0.717) is 10.8 Å². The number of nitrogens with one attached hydrogen (secondary N) is 1. The Morgan fingerprint density at radius 3 is 2.75 bits per heavy atom. The van der Waals surface area contributed by atoms with E-state index in [1.54, 1.807) is 7.11 Å². The number of anilines is 1. The Hall–Kier alpha value is -0.930. The summed E-state index contributed by atoms with van der Waals surface area (Å²) < 4.78 is 5.15. The molecular weight excluding hydrogens is 224 g/mol. The van der Waals surface area contributed by atoms with Crippen LogP contribution < -0.4 is 15.8 Å². The maximum Gasteiger partial charge on any atom is 0.137 e. The van der Waals surface area contributed by atoms with E-state index >= 15 is 0 Å². The van der Waals surface area contributed by atoms with E-state index in [2.05, 4.69) is 5.32 Å². The fraction of sp³-hybridized carbons (Fsp3) is 0.500. The molecule has 0 heterocycles. The summed E-state index contributed by atoms with van der Waals surface area (Å²) >= 11 is 6.07. The first kappa shape index (κ1) is 11.6. The monoisotopic (exact) mass is 240 g/mol. The highest BCUT2D eigenvalue weighted by molar-refractivity contribution is 6.32. The van der Waals surface area contributed by atoms with Gasteiger partial charge < -0.3 is 15.8 Å². The van der Waals surface area contributed by atoms with Crippen molar-refractivity contribution in [2.24, 2.45) is 5.73 Å². The third kappa shape index (κ3) is 2.42. The summed E-state index contributed by atoms with van der Waals surface area (Å²) in [4.78, 5) is 0. The molecule has 0 unspecified atom stereocenters. The summed E-state index contributed by atoms with van der Waals surface area (Å²) in [5.74, 6) is 0.707. The lowest BCUT2D eigenvalue weighted by Gasteiger charge is -2.15. The topological polar surface area (TPSA) is 47.3 Å². The molecule has 3 nitrogen and oxygen atoms in total. The number of nitrogens with two attached hydrogens (primary N) is 1. The number of rotatable bonds is 4. The fourth-order valence-corrected chi connectivity index (χ4v) is 1.85. The Morgan fingerprint density at radius 1 is 1.50 bits per heavy atom. The van der Waals surface area contributed by atoms with Crippen molar-refractivity contribution in [2.75, 3.05) is 19.0 Å². The number of hydrogen-bond acceptors (Lipinski definition) is 3. The zero-order chi connectivity index (χ0) is 11.8. The number of ether oxygens (including phenoxy) is 1. The molecule has 1 fully saturated rings. The summed E-state index contributed by atoms with van der Waals surface area (Å²) in [7, 11) is 1.62. The SMILES string of the molecule is COc1cc(C)c(NCC2(N)CC2)cc1Cl. The highest BCUT2D eigenvalue weighted by Crippen LogP contribution is 2.34. The molecule has 0 radical (unpaired) electrons. The van der Waals surface area contributed by atoms with E-state index in [0.717, 1.165) is 30.6 Å². The molecule has 1 aromatic carbocycles. The van der Waals surface area contributed by atoms with Crippen LogP contribution in [0, 0.1) is 6.92 Å². The van der Waals surface area contributed by atoms with E-state index in [9.17, 15) is 0 Å². The predicted octanol–water partition coefficient (Wildman–Crippen LogP) is 2.56. The van der Waals surface area contributed by atoms with Gasteiger partial charge in [-0.3, -0.25) is 0 Å². The van der Waals surface area contributed by atoms with Gasteiger partial charge in [-0.25, -0.2) is 0 Å². The average molecular weight is 241 g/mol. The molecule has 2 rings (SSSR count). The number of halogens is 1. The molecule has 16 heavy (non-hydrogen) atoms. The molecule has 1 aliphatic carbocycles. The predicted molar refractivity (Wildman–Crippen MR) is 67.4 cm³/mol. The van der Waals surface area contributed by atoms with Gasteiger partial charge in [0, 0.05) is 17.8 Å². The van der Waals surface area contributed by atoms with Crippen LogP contribution in [0.5, 0.6) is 5.75 Å². The second-order valence-corrected chi connectivity index (χ2v) is 4.92. The Balaban J connectivity index is 2.11. The molecule has 0 saturated heterocycles. The van der Waals surface area contributed by atoms with E-state index in [-0.39, 0.29) is 5.54 Å².